The van der Waals surface area contributed by atoms with Crippen LogP contribution in [-0.2, 0) is 9.59 Å². The van der Waals surface area contributed by atoms with Crippen molar-refractivity contribution >= 4 is 17.9 Å². The average Bonchev–Trinajstić information content (AvgIpc) is 2.14. The van der Waals surface area contributed by atoms with Crippen LogP contribution in [0.25, 0.3) is 0 Å². The second-order valence-corrected chi connectivity index (χ2v) is 4.83. The minimum Gasteiger partial charge on any atom is -0.480 e. The van der Waals surface area contributed by atoms with Crippen molar-refractivity contribution in [2.75, 3.05) is 19.6 Å². The topological polar surface area (TPSA) is 98.7 Å². The van der Waals surface area contributed by atoms with E-state index in [1.165, 1.54) is 4.90 Å². The first-order chi connectivity index (χ1) is 8.16. The Morgan fingerprint density at radius 3 is 2.11 bits per heavy atom. The van der Waals surface area contributed by atoms with Gasteiger partial charge in [-0.25, -0.2) is 4.79 Å². The van der Waals surface area contributed by atoms with E-state index >= 15 is 0 Å². The summed E-state index contributed by atoms with van der Waals surface area (Å²) in [6.45, 7) is 7.15. The number of hydrogen-bond donors (Lipinski definition) is 3. The van der Waals surface area contributed by atoms with Gasteiger partial charge in [-0.05, 0) is 27.7 Å². The normalized spacial score (nSPS) is 11.2. The highest BCUT2D eigenvalue weighted by molar-refractivity contribution is 5.95. The number of urea groups is 1. The molecule has 0 saturated carbocycles. The van der Waals surface area contributed by atoms with Crippen molar-refractivity contribution in [1.82, 2.24) is 15.5 Å². The quantitative estimate of drug-likeness (QED) is 0.646. The van der Waals surface area contributed by atoms with Crippen molar-refractivity contribution in [2.45, 2.75) is 33.2 Å². The van der Waals surface area contributed by atoms with Gasteiger partial charge < -0.3 is 10.4 Å². The third kappa shape index (κ3) is 6.85. The molecule has 0 bridgehead atoms. The minimum atomic E-state index is -1.02. The molecule has 0 aromatic heterocycles. The molecule has 3 N–H and O–H groups in total. The molecule has 0 fully saturated rings. The predicted molar refractivity (Wildman–Crippen MR) is 66.2 cm³/mol. The van der Waals surface area contributed by atoms with Gasteiger partial charge >= 0.3 is 12.0 Å². The second kappa shape index (κ2) is 6.95. The van der Waals surface area contributed by atoms with Gasteiger partial charge in [0.2, 0.25) is 5.91 Å². The Bertz CT molecular complexity index is 323. The molecule has 104 valence electrons. The predicted octanol–water partition coefficient (Wildman–Crippen LogP) is 0.0172. The molecule has 0 spiro atoms. The van der Waals surface area contributed by atoms with Gasteiger partial charge in [0.15, 0.2) is 0 Å². The Labute approximate surface area is 107 Å². The second-order valence-electron chi connectivity index (χ2n) is 4.83. The summed E-state index contributed by atoms with van der Waals surface area (Å²) in [5.41, 5.74) is -0.475. The van der Waals surface area contributed by atoms with E-state index in [4.69, 9.17) is 5.11 Å². The Morgan fingerprint density at radius 1 is 1.17 bits per heavy atom. The zero-order valence-corrected chi connectivity index (χ0v) is 11.2. The van der Waals surface area contributed by atoms with Gasteiger partial charge in [-0.1, -0.05) is 0 Å². The van der Waals surface area contributed by atoms with Gasteiger partial charge in [0.25, 0.3) is 0 Å². The van der Waals surface area contributed by atoms with Crippen molar-refractivity contribution in [1.29, 1.82) is 0 Å². The number of rotatable bonds is 5. The summed E-state index contributed by atoms with van der Waals surface area (Å²) in [4.78, 5) is 34.9. The molecule has 7 nitrogen and oxygen atoms in total. The number of nitrogens with zero attached hydrogens (tertiary/aromatic N) is 1. The van der Waals surface area contributed by atoms with Crippen LogP contribution >= 0.6 is 0 Å². The van der Waals surface area contributed by atoms with Gasteiger partial charge in [0.05, 0.1) is 13.1 Å². The molecule has 7 heteroatoms. The maximum absolute atomic E-state index is 11.6. The van der Waals surface area contributed by atoms with E-state index < -0.39 is 23.4 Å². The van der Waals surface area contributed by atoms with E-state index in [0.29, 0.717) is 6.54 Å². The SMILES string of the molecule is CCNC(=O)NC(=O)CN(CC(=O)O)C(C)(C)C. The standard InChI is InChI=1S/C11H21N3O4/c1-5-12-10(18)13-8(15)6-14(7-9(16)17)11(2,3)4/h5-7H2,1-4H3,(H,16,17)(H2,12,13,15,18). The smallest absolute Gasteiger partial charge is 0.321 e. The van der Waals surface area contributed by atoms with Crippen LogP contribution in [-0.4, -0.2) is 53.1 Å². The van der Waals surface area contributed by atoms with Crippen LogP contribution in [0.5, 0.6) is 0 Å². The van der Waals surface area contributed by atoms with E-state index in [0.717, 1.165) is 0 Å². The largest absolute Gasteiger partial charge is 0.480 e. The van der Waals surface area contributed by atoms with Crippen molar-refractivity contribution in [2.24, 2.45) is 0 Å². The fourth-order valence-electron chi connectivity index (χ4n) is 1.24. The van der Waals surface area contributed by atoms with Gasteiger partial charge in [0, 0.05) is 12.1 Å². The molecule has 0 unspecified atom stereocenters. The highest BCUT2D eigenvalue weighted by atomic mass is 16.4. The minimum absolute atomic E-state index is 0.146. The molecule has 0 saturated heterocycles. The van der Waals surface area contributed by atoms with Crippen LogP contribution in [0.4, 0.5) is 4.79 Å². The van der Waals surface area contributed by atoms with E-state index in [-0.39, 0.29) is 13.1 Å². The fraction of sp³-hybridized carbons (Fsp3) is 0.727. The summed E-state index contributed by atoms with van der Waals surface area (Å²) in [6.07, 6.45) is 0. The lowest BCUT2D eigenvalue weighted by Crippen LogP contribution is -2.51. The van der Waals surface area contributed by atoms with Crippen molar-refractivity contribution in [3.8, 4) is 0 Å². The Balaban J connectivity index is 4.45. The Hall–Kier alpha value is -1.63. The molecule has 0 aliphatic carbocycles. The van der Waals surface area contributed by atoms with Crippen LogP contribution in [0.3, 0.4) is 0 Å². The van der Waals surface area contributed by atoms with Gasteiger partial charge in [-0.3, -0.25) is 19.8 Å². The summed E-state index contributed by atoms with van der Waals surface area (Å²) < 4.78 is 0. The third-order valence-corrected chi connectivity index (χ3v) is 2.20. The van der Waals surface area contributed by atoms with Crippen molar-refractivity contribution in [3.05, 3.63) is 0 Å². The van der Waals surface area contributed by atoms with E-state index in [1.807, 2.05) is 0 Å². The first-order valence-corrected chi connectivity index (χ1v) is 5.71. The molecular formula is C11H21N3O4. The number of carbonyl (C=O) groups excluding carboxylic acids is 2. The van der Waals surface area contributed by atoms with Crippen LogP contribution in [0, 0.1) is 0 Å². The molecule has 0 heterocycles. The van der Waals surface area contributed by atoms with E-state index in [9.17, 15) is 14.4 Å². The van der Waals surface area contributed by atoms with Gasteiger partial charge in [0.1, 0.15) is 0 Å². The van der Waals surface area contributed by atoms with Crippen LogP contribution in [0.1, 0.15) is 27.7 Å². The third-order valence-electron chi connectivity index (χ3n) is 2.20. The van der Waals surface area contributed by atoms with Gasteiger partial charge in [-0.2, -0.15) is 0 Å². The summed E-state index contributed by atoms with van der Waals surface area (Å²) in [7, 11) is 0. The first kappa shape index (κ1) is 16.4. The Kier molecular flexibility index (Phi) is 6.32. The lowest BCUT2D eigenvalue weighted by molar-refractivity contribution is -0.140. The maximum atomic E-state index is 11.6. The number of aliphatic carboxylic acids is 1. The summed E-state index contributed by atoms with van der Waals surface area (Å²) >= 11 is 0. The highest BCUT2D eigenvalue weighted by Crippen LogP contribution is 2.11. The Morgan fingerprint density at radius 2 is 1.72 bits per heavy atom. The maximum Gasteiger partial charge on any atom is 0.321 e. The summed E-state index contributed by atoms with van der Waals surface area (Å²) in [6, 6.07) is -0.577. The number of imide groups is 1. The molecule has 0 aromatic carbocycles. The van der Waals surface area contributed by atoms with Crippen LogP contribution in [0.2, 0.25) is 0 Å². The van der Waals surface area contributed by atoms with Crippen LogP contribution in [0.15, 0.2) is 0 Å². The number of nitrogens with one attached hydrogen (secondary N) is 2. The molecule has 0 aliphatic rings. The molecule has 0 aliphatic heterocycles. The average molecular weight is 259 g/mol. The molecule has 3 amide bonds. The first-order valence-electron chi connectivity index (χ1n) is 5.71. The van der Waals surface area contributed by atoms with Crippen molar-refractivity contribution < 1.29 is 19.5 Å². The molecule has 0 rings (SSSR count). The van der Waals surface area contributed by atoms with Gasteiger partial charge in [-0.15, -0.1) is 0 Å². The van der Waals surface area contributed by atoms with E-state index in [2.05, 4.69) is 10.6 Å². The van der Waals surface area contributed by atoms with Crippen LogP contribution < -0.4 is 10.6 Å². The molecule has 0 atom stereocenters. The lowest BCUT2D eigenvalue weighted by Gasteiger charge is -2.33. The number of carboxylic acid groups (broad SMARTS) is 1. The number of carbonyl (C=O) groups is 3. The molecular weight excluding hydrogens is 238 g/mol. The summed E-state index contributed by atoms with van der Waals surface area (Å²) in [5.74, 6) is -1.55. The monoisotopic (exact) mass is 259 g/mol. The molecule has 0 radical (unpaired) electrons. The fourth-order valence-corrected chi connectivity index (χ4v) is 1.24. The summed E-state index contributed by atoms with van der Waals surface area (Å²) in [5, 5.41) is 13.3. The molecule has 0 aromatic rings. The number of hydrogen-bond acceptors (Lipinski definition) is 4. The van der Waals surface area contributed by atoms with Crippen molar-refractivity contribution in [3.63, 3.8) is 0 Å². The number of carboxylic acids is 1. The zero-order chi connectivity index (χ0) is 14.3. The lowest BCUT2D eigenvalue weighted by atomic mass is 10.1. The zero-order valence-electron chi connectivity index (χ0n) is 11.2. The molecule has 18 heavy (non-hydrogen) atoms. The van der Waals surface area contributed by atoms with E-state index in [1.54, 1.807) is 27.7 Å². The highest BCUT2D eigenvalue weighted by Gasteiger charge is 2.26. The number of amides is 3.